The summed E-state index contributed by atoms with van der Waals surface area (Å²) in [6.07, 6.45) is 2.49. The van der Waals surface area contributed by atoms with Crippen molar-refractivity contribution >= 4 is 23.3 Å². The van der Waals surface area contributed by atoms with Crippen molar-refractivity contribution in [2.24, 2.45) is 0 Å². The van der Waals surface area contributed by atoms with Gasteiger partial charge in [-0.05, 0) is 68.0 Å². The summed E-state index contributed by atoms with van der Waals surface area (Å²) in [4.78, 5) is 32.2. The predicted octanol–water partition coefficient (Wildman–Crippen LogP) is 6.04. The van der Waals surface area contributed by atoms with Gasteiger partial charge >= 0.3 is 0 Å². The number of furan rings is 1. The molecule has 2 aromatic carbocycles. The number of phenolic OH excluding ortho intramolecular Hbond substituents is 1. The molecule has 0 saturated carbocycles. The number of amides is 2. The number of hydrogen-bond acceptors (Lipinski definition) is 7. The quantitative estimate of drug-likeness (QED) is 0.217. The van der Waals surface area contributed by atoms with Crippen LogP contribution >= 0.6 is 0 Å². The van der Waals surface area contributed by atoms with Gasteiger partial charge < -0.3 is 25.1 Å². The summed E-state index contributed by atoms with van der Waals surface area (Å²) in [5.74, 6) is -1.84. The van der Waals surface area contributed by atoms with Crippen LogP contribution in [0.3, 0.4) is 0 Å². The van der Waals surface area contributed by atoms with Crippen molar-refractivity contribution in [1.82, 2.24) is 9.88 Å². The van der Waals surface area contributed by atoms with Crippen molar-refractivity contribution in [3.05, 3.63) is 84.1 Å². The van der Waals surface area contributed by atoms with Crippen LogP contribution in [0, 0.1) is 17.1 Å². The summed E-state index contributed by atoms with van der Waals surface area (Å²) in [5, 5.41) is 26.1. The predicted molar refractivity (Wildman–Crippen MR) is 154 cm³/mol. The summed E-state index contributed by atoms with van der Waals surface area (Å²) in [5.41, 5.74) is 1.89. The first-order chi connectivity index (χ1) is 19.7. The number of halogens is 1. The molecule has 210 valence electrons. The number of nitriles is 1. The lowest BCUT2D eigenvalue weighted by Gasteiger charge is -2.25. The Morgan fingerprint density at radius 3 is 2.56 bits per heavy atom. The monoisotopic (exact) mass is 555 g/mol. The van der Waals surface area contributed by atoms with Gasteiger partial charge in [0.1, 0.15) is 23.2 Å². The van der Waals surface area contributed by atoms with E-state index >= 15 is 0 Å². The van der Waals surface area contributed by atoms with E-state index in [-0.39, 0.29) is 46.1 Å². The van der Waals surface area contributed by atoms with Gasteiger partial charge in [-0.25, -0.2) is 9.37 Å². The van der Waals surface area contributed by atoms with Crippen molar-refractivity contribution in [3.63, 3.8) is 0 Å². The third kappa shape index (κ3) is 6.77. The smallest absolute Gasteiger partial charge is 0.292 e. The third-order valence-electron chi connectivity index (χ3n) is 6.82. The maximum absolute atomic E-state index is 13.7. The molecule has 41 heavy (non-hydrogen) atoms. The fraction of sp³-hybridized carbons (Fsp3) is 0.226. The van der Waals surface area contributed by atoms with Crippen LogP contribution in [0.15, 0.2) is 71.3 Å². The maximum atomic E-state index is 13.7. The second-order valence-electron chi connectivity index (χ2n) is 9.45. The molecule has 0 aliphatic carbocycles. The van der Waals surface area contributed by atoms with Gasteiger partial charge in [-0.15, -0.1) is 0 Å². The number of aromatic nitrogens is 1. The average molecular weight is 556 g/mol. The van der Waals surface area contributed by atoms with E-state index in [0.29, 0.717) is 23.2 Å². The molecule has 10 heteroatoms. The zero-order valence-electron chi connectivity index (χ0n) is 22.9. The molecule has 0 fully saturated rings. The molecular weight excluding hydrogens is 525 g/mol. The van der Waals surface area contributed by atoms with E-state index in [1.807, 2.05) is 20.9 Å². The number of carbonyl (C=O) groups excluding carboxylic acids is 2. The standard InChI is InChI=1S/C31H30FN5O4/c1-4-22(37(3)5-2)16-29(39)34-21-9-6-8-19(14-21)24-17-26(23-12-11-20(32)15-27(23)38)35-30(25(24)18-33)36-31(40)28-10-7-13-41-28/h6-15,17,22,38H,4-5,16H2,1-3H3,(H,34,39)(H,35,36,40). The number of aromatic hydroxyl groups is 1. The van der Waals surface area contributed by atoms with Crippen molar-refractivity contribution in [2.75, 3.05) is 24.2 Å². The minimum Gasteiger partial charge on any atom is -0.507 e. The molecule has 0 aliphatic heterocycles. The highest BCUT2D eigenvalue weighted by atomic mass is 19.1. The summed E-state index contributed by atoms with van der Waals surface area (Å²) < 4.78 is 18.9. The number of rotatable bonds is 10. The van der Waals surface area contributed by atoms with Crippen LogP contribution in [0.4, 0.5) is 15.9 Å². The number of pyridine rings is 1. The van der Waals surface area contributed by atoms with Gasteiger partial charge in [-0.3, -0.25) is 9.59 Å². The molecule has 3 N–H and O–H groups in total. The SMILES string of the molecule is CCC(CC(=O)Nc1cccc(-c2cc(-c3ccc(F)cc3O)nc(NC(=O)c3ccco3)c2C#N)c1)N(C)CC. The Kier molecular flexibility index (Phi) is 9.12. The van der Waals surface area contributed by atoms with E-state index in [4.69, 9.17) is 4.42 Å². The maximum Gasteiger partial charge on any atom is 0.292 e. The highest BCUT2D eigenvalue weighted by Crippen LogP contribution is 2.36. The Balaban J connectivity index is 1.76. The molecular formula is C31H30FN5O4. The first kappa shape index (κ1) is 29.0. The van der Waals surface area contributed by atoms with Gasteiger partial charge in [-0.1, -0.05) is 26.0 Å². The van der Waals surface area contributed by atoms with E-state index in [9.17, 15) is 24.3 Å². The van der Waals surface area contributed by atoms with E-state index in [2.05, 4.69) is 26.6 Å². The Hall–Kier alpha value is -5.01. The van der Waals surface area contributed by atoms with Gasteiger partial charge in [-0.2, -0.15) is 5.26 Å². The van der Waals surface area contributed by atoms with Gasteiger partial charge in [0.2, 0.25) is 5.91 Å². The van der Waals surface area contributed by atoms with Crippen molar-refractivity contribution < 1.29 is 23.5 Å². The fourth-order valence-corrected chi connectivity index (χ4v) is 4.47. The molecule has 0 radical (unpaired) electrons. The largest absolute Gasteiger partial charge is 0.507 e. The van der Waals surface area contributed by atoms with Gasteiger partial charge in [0.05, 0.1) is 12.0 Å². The molecule has 2 amide bonds. The van der Waals surface area contributed by atoms with Crippen molar-refractivity contribution in [2.45, 2.75) is 32.7 Å². The Labute approximate surface area is 237 Å². The normalized spacial score (nSPS) is 11.6. The van der Waals surface area contributed by atoms with Crippen LogP contribution in [0.2, 0.25) is 0 Å². The van der Waals surface area contributed by atoms with Gasteiger partial charge in [0.25, 0.3) is 5.91 Å². The number of nitrogens with zero attached hydrogens (tertiary/aromatic N) is 3. The number of nitrogens with one attached hydrogen (secondary N) is 2. The van der Waals surface area contributed by atoms with Crippen LogP contribution in [-0.4, -0.2) is 46.4 Å². The first-order valence-corrected chi connectivity index (χ1v) is 13.1. The lowest BCUT2D eigenvalue weighted by atomic mass is 9.97. The summed E-state index contributed by atoms with van der Waals surface area (Å²) in [6.45, 7) is 4.90. The van der Waals surface area contributed by atoms with Crippen LogP contribution in [-0.2, 0) is 4.79 Å². The van der Waals surface area contributed by atoms with Gasteiger partial charge in [0, 0.05) is 35.3 Å². The molecule has 4 aromatic rings. The van der Waals surface area contributed by atoms with Crippen molar-refractivity contribution in [1.29, 1.82) is 5.26 Å². The minimum atomic E-state index is -0.634. The van der Waals surface area contributed by atoms with Crippen LogP contribution in [0.5, 0.6) is 5.75 Å². The molecule has 2 heterocycles. The average Bonchev–Trinajstić information content (AvgIpc) is 3.51. The Morgan fingerprint density at radius 1 is 1.10 bits per heavy atom. The summed E-state index contributed by atoms with van der Waals surface area (Å²) in [7, 11) is 1.98. The molecule has 1 unspecified atom stereocenters. The first-order valence-electron chi connectivity index (χ1n) is 13.1. The second kappa shape index (κ2) is 12.9. The highest BCUT2D eigenvalue weighted by molar-refractivity contribution is 6.03. The van der Waals surface area contributed by atoms with E-state index in [0.717, 1.165) is 19.0 Å². The number of carbonyl (C=O) groups is 2. The summed E-state index contributed by atoms with van der Waals surface area (Å²) >= 11 is 0. The minimum absolute atomic E-state index is 0.0103. The van der Waals surface area contributed by atoms with Crippen LogP contribution in [0.1, 0.15) is 42.8 Å². The third-order valence-corrected chi connectivity index (χ3v) is 6.82. The molecule has 0 aliphatic rings. The molecule has 0 saturated heterocycles. The Morgan fingerprint density at radius 2 is 1.90 bits per heavy atom. The zero-order valence-corrected chi connectivity index (χ0v) is 22.9. The topological polar surface area (TPSA) is 131 Å². The number of hydrogen-bond donors (Lipinski definition) is 3. The molecule has 9 nitrogen and oxygen atoms in total. The molecule has 1 atom stereocenters. The fourth-order valence-electron chi connectivity index (χ4n) is 4.47. The molecule has 0 bridgehead atoms. The number of benzene rings is 2. The van der Waals surface area contributed by atoms with E-state index < -0.39 is 11.7 Å². The number of anilines is 2. The molecule has 2 aromatic heterocycles. The van der Waals surface area contributed by atoms with Crippen LogP contribution in [0.25, 0.3) is 22.4 Å². The number of phenols is 1. The van der Waals surface area contributed by atoms with Crippen LogP contribution < -0.4 is 10.6 Å². The molecule has 4 rings (SSSR count). The summed E-state index contributed by atoms with van der Waals surface area (Å²) in [6, 6.07) is 17.2. The lowest BCUT2D eigenvalue weighted by Crippen LogP contribution is -2.34. The lowest BCUT2D eigenvalue weighted by molar-refractivity contribution is -0.117. The Bertz CT molecular complexity index is 1600. The van der Waals surface area contributed by atoms with Gasteiger partial charge in [0.15, 0.2) is 11.6 Å². The van der Waals surface area contributed by atoms with Crippen molar-refractivity contribution in [3.8, 4) is 34.2 Å². The zero-order chi connectivity index (χ0) is 29.5. The highest BCUT2D eigenvalue weighted by Gasteiger charge is 2.21. The molecule has 0 spiro atoms. The van der Waals surface area contributed by atoms with E-state index in [1.54, 1.807) is 36.4 Å². The second-order valence-corrected chi connectivity index (χ2v) is 9.45. The van der Waals surface area contributed by atoms with E-state index in [1.165, 1.54) is 24.5 Å².